The first-order valence-electron chi connectivity index (χ1n) is 7.54. The average molecular weight is 301 g/mol. The lowest BCUT2D eigenvalue weighted by Crippen LogP contribution is -2.50. The van der Waals surface area contributed by atoms with Crippen LogP contribution in [0.15, 0.2) is 54.6 Å². The molecule has 2 aromatic carbocycles. The van der Waals surface area contributed by atoms with Crippen molar-refractivity contribution in [3.05, 3.63) is 65.7 Å². The fraction of sp³-hybridized carbons (Fsp3) is 0.333. The molecule has 1 saturated heterocycles. The highest BCUT2D eigenvalue weighted by Gasteiger charge is 2.32. The Labute approximate surface area is 132 Å². The number of anilines is 1. The van der Waals surface area contributed by atoms with Gasteiger partial charge in [-0.2, -0.15) is 0 Å². The van der Waals surface area contributed by atoms with Crippen molar-refractivity contribution in [3.8, 4) is 0 Å². The van der Waals surface area contributed by atoms with E-state index in [0.717, 1.165) is 13.1 Å². The van der Waals surface area contributed by atoms with Gasteiger partial charge in [-0.25, -0.2) is 0 Å². The minimum Gasteiger partial charge on any atom is -0.368 e. The molecule has 0 saturated carbocycles. The maximum absolute atomic E-state index is 2.65. The Morgan fingerprint density at radius 1 is 0.810 bits per heavy atom. The lowest BCUT2D eigenvalue weighted by atomic mass is 9.91. The van der Waals surface area contributed by atoms with Crippen molar-refractivity contribution >= 4 is 18.1 Å². The Morgan fingerprint density at radius 3 is 2.43 bits per heavy atom. The number of hydrogen-bond acceptors (Lipinski definition) is 2. The Bertz CT molecular complexity index is 599. The maximum atomic E-state index is 2.65. The molecule has 2 heterocycles. The Balaban J connectivity index is 0.00000132. The van der Waals surface area contributed by atoms with E-state index in [4.69, 9.17) is 0 Å². The summed E-state index contributed by atoms with van der Waals surface area (Å²) in [6, 6.07) is 20.4. The molecule has 110 valence electrons. The van der Waals surface area contributed by atoms with Crippen LogP contribution in [-0.2, 0) is 6.42 Å². The summed E-state index contributed by atoms with van der Waals surface area (Å²) in [6.45, 7) is 4.64. The summed E-state index contributed by atoms with van der Waals surface area (Å²) in [7, 11) is 0. The van der Waals surface area contributed by atoms with E-state index >= 15 is 0 Å². The molecule has 2 aliphatic rings. The predicted octanol–water partition coefficient (Wildman–Crippen LogP) is 3.53. The van der Waals surface area contributed by atoms with Crippen LogP contribution in [0.2, 0.25) is 0 Å². The molecule has 2 aromatic rings. The Morgan fingerprint density at radius 2 is 1.57 bits per heavy atom. The SMILES string of the molecule is Cl.c1ccc(N2CCN3CCc4ccccc4C3C2)cc1. The van der Waals surface area contributed by atoms with Crippen LogP contribution in [0.25, 0.3) is 0 Å². The first-order chi connectivity index (χ1) is 9.92. The van der Waals surface area contributed by atoms with Gasteiger partial charge in [0.15, 0.2) is 0 Å². The normalized spacial score (nSPS) is 21.1. The monoisotopic (exact) mass is 300 g/mol. The zero-order valence-electron chi connectivity index (χ0n) is 12.1. The molecule has 0 aromatic heterocycles. The van der Waals surface area contributed by atoms with Crippen LogP contribution in [0.4, 0.5) is 5.69 Å². The summed E-state index contributed by atoms with van der Waals surface area (Å²) in [5.74, 6) is 0. The third-order valence-electron chi connectivity index (χ3n) is 4.70. The molecule has 0 amide bonds. The molecule has 0 radical (unpaired) electrons. The molecule has 0 spiro atoms. The van der Waals surface area contributed by atoms with Gasteiger partial charge in [0.2, 0.25) is 0 Å². The van der Waals surface area contributed by atoms with Crippen molar-refractivity contribution in [2.45, 2.75) is 12.5 Å². The molecular formula is C18H21ClN2. The minimum absolute atomic E-state index is 0. The second-order valence-electron chi connectivity index (χ2n) is 5.78. The van der Waals surface area contributed by atoms with Crippen LogP contribution in [0.3, 0.4) is 0 Å². The fourth-order valence-corrected chi connectivity index (χ4v) is 3.61. The van der Waals surface area contributed by atoms with Gasteiger partial charge < -0.3 is 4.90 Å². The lowest BCUT2D eigenvalue weighted by Gasteiger charge is -2.45. The molecule has 0 aliphatic carbocycles. The van der Waals surface area contributed by atoms with Crippen LogP contribution in [0, 0.1) is 0 Å². The molecular weight excluding hydrogens is 280 g/mol. The number of piperazine rings is 1. The third-order valence-corrected chi connectivity index (χ3v) is 4.70. The van der Waals surface area contributed by atoms with E-state index in [0.29, 0.717) is 6.04 Å². The summed E-state index contributed by atoms with van der Waals surface area (Å²) in [4.78, 5) is 5.19. The van der Waals surface area contributed by atoms with E-state index in [-0.39, 0.29) is 12.4 Å². The molecule has 2 nitrogen and oxygen atoms in total. The van der Waals surface area contributed by atoms with E-state index in [1.165, 1.54) is 25.2 Å². The lowest BCUT2D eigenvalue weighted by molar-refractivity contribution is 0.167. The van der Waals surface area contributed by atoms with E-state index in [1.54, 1.807) is 11.1 Å². The molecule has 2 aliphatic heterocycles. The van der Waals surface area contributed by atoms with Crippen LogP contribution in [0.5, 0.6) is 0 Å². The third kappa shape index (κ3) is 2.66. The molecule has 0 N–H and O–H groups in total. The van der Waals surface area contributed by atoms with Gasteiger partial charge in [-0.05, 0) is 29.7 Å². The highest BCUT2D eigenvalue weighted by atomic mass is 35.5. The van der Waals surface area contributed by atoms with E-state index in [9.17, 15) is 0 Å². The van der Waals surface area contributed by atoms with Crippen LogP contribution < -0.4 is 4.90 Å². The number of para-hydroxylation sites is 1. The smallest absolute Gasteiger partial charge is 0.0526 e. The van der Waals surface area contributed by atoms with Crippen LogP contribution in [0.1, 0.15) is 17.2 Å². The topological polar surface area (TPSA) is 6.48 Å². The van der Waals surface area contributed by atoms with Gasteiger partial charge in [-0.1, -0.05) is 42.5 Å². The van der Waals surface area contributed by atoms with Crippen molar-refractivity contribution < 1.29 is 0 Å². The average Bonchev–Trinajstić information content (AvgIpc) is 2.55. The Kier molecular flexibility index (Phi) is 4.18. The van der Waals surface area contributed by atoms with Gasteiger partial charge in [0.05, 0.1) is 6.04 Å². The molecule has 1 unspecified atom stereocenters. The predicted molar refractivity (Wildman–Crippen MR) is 90.4 cm³/mol. The van der Waals surface area contributed by atoms with Crippen molar-refractivity contribution in [3.63, 3.8) is 0 Å². The van der Waals surface area contributed by atoms with Gasteiger partial charge in [0.25, 0.3) is 0 Å². The fourth-order valence-electron chi connectivity index (χ4n) is 3.61. The summed E-state index contributed by atoms with van der Waals surface area (Å²) in [6.07, 6.45) is 1.21. The number of hydrogen-bond donors (Lipinski definition) is 0. The summed E-state index contributed by atoms with van der Waals surface area (Å²) in [5.41, 5.74) is 4.44. The molecule has 1 atom stereocenters. The van der Waals surface area contributed by atoms with Crippen molar-refractivity contribution in [2.24, 2.45) is 0 Å². The molecule has 0 bridgehead atoms. The van der Waals surface area contributed by atoms with Gasteiger partial charge in [0, 0.05) is 31.9 Å². The second-order valence-corrected chi connectivity index (χ2v) is 5.78. The van der Waals surface area contributed by atoms with Crippen molar-refractivity contribution in [2.75, 3.05) is 31.1 Å². The van der Waals surface area contributed by atoms with E-state index < -0.39 is 0 Å². The van der Waals surface area contributed by atoms with E-state index in [2.05, 4.69) is 64.4 Å². The van der Waals surface area contributed by atoms with Gasteiger partial charge in [0.1, 0.15) is 0 Å². The number of halogens is 1. The highest BCUT2D eigenvalue weighted by molar-refractivity contribution is 5.85. The first kappa shape index (κ1) is 14.4. The quantitative estimate of drug-likeness (QED) is 0.795. The maximum Gasteiger partial charge on any atom is 0.0526 e. The number of nitrogens with zero attached hydrogens (tertiary/aromatic N) is 2. The molecule has 21 heavy (non-hydrogen) atoms. The van der Waals surface area contributed by atoms with Gasteiger partial charge in [-0.3, -0.25) is 4.90 Å². The largest absolute Gasteiger partial charge is 0.368 e. The molecule has 1 fully saturated rings. The summed E-state index contributed by atoms with van der Waals surface area (Å²) < 4.78 is 0. The number of rotatable bonds is 1. The minimum atomic E-state index is 0. The molecule has 4 rings (SSSR count). The van der Waals surface area contributed by atoms with E-state index in [1.807, 2.05) is 0 Å². The van der Waals surface area contributed by atoms with Crippen molar-refractivity contribution in [1.82, 2.24) is 4.90 Å². The zero-order chi connectivity index (χ0) is 13.4. The van der Waals surface area contributed by atoms with Crippen molar-refractivity contribution in [1.29, 1.82) is 0 Å². The standard InChI is InChI=1S/C18H20N2.ClH/c1-2-7-16(8-3-1)20-13-12-19-11-10-15-6-4-5-9-17(15)18(19)14-20;/h1-9,18H,10-14H2;1H. The summed E-state index contributed by atoms with van der Waals surface area (Å²) >= 11 is 0. The van der Waals surface area contributed by atoms with Gasteiger partial charge in [-0.15, -0.1) is 12.4 Å². The van der Waals surface area contributed by atoms with Gasteiger partial charge >= 0.3 is 0 Å². The van der Waals surface area contributed by atoms with Crippen LogP contribution >= 0.6 is 12.4 Å². The highest BCUT2D eigenvalue weighted by Crippen LogP contribution is 2.33. The first-order valence-corrected chi connectivity index (χ1v) is 7.54. The second kappa shape index (κ2) is 6.08. The number of fused-ring (bicyclic) bond motifs is 3. The van der Waals surface area contributed by atoms with Crippen LogP contribution in [-0.4, -0.2) is 31.1 Å². The molecule has 3 heteroatoms. The summed E-state index contributed by atoms with van der Waals surface area (Å²) in [5, 5.41) is 0. The zero-order valence-corrected chi connectivity index (χ0v) is 12.9. The Hall–Kier alpha value is -1.51. The number of benzene rings is 2.